The fourth-order valence-corrected chi connectivity index (χ4v) is 1.33. The molecule has 0 N–H and O–H groups in total. The second kappa shape index (κ2) is 3.67. The zero-order chi connectivity index (χ0) is 7.84. The van der Waals surface area contributed by atoms with Gasteiger partial charge in [-0.2, -0.15) is 24.3 Å². The summed E-state index contributed by atoms with van der Waals surface area (Å²) >= 11 is 0. The van der Waals surface area contributed by atoms with E-state index in [4.69, 9.17) is 0 Å². The van der Waals surface area contributed by atoms with Gasteiger partial charge in [0, 0.05) is 46.3 Å². The van der Waals surface area contributed by atoms with Crippen LogP contribution in [0.15, 0.2) is 18.2 Å². The Kier molecular flexibility index (Phi) is 3.02. The van der Waals surface area contributed by atoms with Gasteiger partial charge in [0.15, 0.2) is 5.91 Å². The van der Waals surface area contributed by atoms with Gasteiger partial charge in [0.25, 0.3) is 0 Å². The van der Waals surface area contributed by atoms with E-state index in [9.17, 15) is 4.79 Å². The minimum atomic E-state index is 0. The molecule has 2 nitrogen and oxygen atoms in total. The Labute approximate surface area is 96.8 Å². The van der Waals surface area contributed by atoms with E-state index in [0.29, 0.717) is 0 Å². The van der Waals surface area contributed by atoms with Gasteiger partial charge in [-0.05, 0) is 0 Å². The first-order chi connectivity index (χ1) is 5.29. The van der Waals surface area contributed by atoms with E-state index < -0.39 is 0 Å². The van der Waals surface area contributed by atoms with Gasteiger partial charge in [0.1, 0.15) is 0 Å². The Morgan fingerprint density at radius 1 is 1.58 bits per heavy atom. The van der Waals surface area contributed by atoms with Crippen LogP contribution < -0.4 is 0 Å². The average molecular weight is 235 g/mol. The summed E-state index contributed by atoms with van der Waals surface area (Å²) in [6.07, 6.45) is 0. The molecule has 0 aliphatic carbocycles. The van der Waals surface area contributed by atoms with Crippen molar-refractivity contribution in [1.29, 1.82) is 0 Å². The minimum Gasteiger partial charge on any atom is -0.350 e. The molecule has 3 heteroatoms. The first-order valence-electron chi connectivity index (χ1n) is 3.53. The molecular weight excluding hydrogens is 227 g/mol. The summed E-state index contributed by atoms with van der Waals surface area (Å²) in [5, 5.41) is 0. The van der Waals surface area contributed by atoms with Crippen LogP contribution in [0.4, 0.5) is 0 Å². The number of carbonyl (C=O) groups excluding carboxylic acids is 1. The molecule has 1 amide bonds. The van der Waals surface area contributed by atoms with Crippen molar-refractivity contribution >= 4 is 5.91 Å². The Hall–Kier alpha value is -0.206. The third-order valence-corrected chi connectivity index (χ3v) is 1.94. The van der Waals surface area contributed by atoms with Crippen molar-refractivity contribution in [3.8, 4) is 0 Å². The molecule has 1 radical (unpaired) electrons. The van der Waals surface area contributed by atoms with Gasteiger partial charge in [-0.25, -0.2) is 0 Å². The number of hydrogen-bond acceptors (Lipinski definition) is 1. The van der Waals surface area contributed by atoms with Gasteiger partial charge >= 0.3 is 0 Å². The number of carbonyl (C=O) groups is 1. The third kappa shape index (κ3) is 1.46. The molecule has 1 heterocycles. The summed E-state index contributed by atoms with van der Waals surface area (Å²) in [5.41, 5.74) is 1.91. The summed E-state index contributed by atoms with van der Waals surface area (Å²) in [4.78, 5) is 13.0. The summed E-state index contributed by atoms with van der Waals surface area (Å²) in [6, 6.07) is 8.43. The molecule has 0 saturated heterocycles. The van der Waals surface area contributed by atoms with Crippen LogP contribution >= 0.6 is 0 Å². The van der Waals surface area contributed by atoms with Crippen molar-refractivity contribution in [1.82, 2.24) is 4.90 Å². The topological polar surface area (TPSA) is 20.3 Å². The molecule has 0 aromatic heterocycles. The van der Waals surface area contributed by atoms with Crippen molar-refractivity contribution in [2.24, 2.45) is 0 Å². The maximum absolute atomic E-state index is 11.3. The predicted molar refractivity (Wildman–Crippen MR) is 41.1 cm³/mol. The number of nitrogens with zero attached hydrogens (tertiary/aromatic N) is 1. The molecule has 0 fully saturated rings. The number of fused-ring (bicyclic) bond motifs is 1. The Morgan fingerprint density at radius 2 is 2.33 bits per heavy atom. The zero-order valence-electron chi connectivity index (χ0n) is 6.87. The van der Waals surface area contributed by atoms with E-state index in [-0.39, 0.29) is 38.6 Å². The fourth-order valence-electron chi connectivity index (χ4n) is 1.33. The number of amides is 1. The average Bonchev–Trinajstić information content (AvgIpc) is 2.30. The van der Waals surface area contributed by atoms with E-state index in [1.165, 1.54) is 0 Å². The van der Waals surface area contributed by atoms with Crippen LogP contribution in [0, 0.1) is 6.07 Å². The van der Waals surface area contributed by atoms with Crippen molar-refractivity contribution < 1.29 is 37.5 Å². The quantitative estimate of drug-likeness (QED) is 0.616. The minimum absolute atomic E-state index is 0. The van der Waals surface area contributed by atoms with Gasteiger partial charge in [-0.3, -0.25) is 4.79 Å². The normalized spacial score (nSPS) is 14.1. The van der Waals surface area contributed by atoms with E-state index in [1.54, 1.807) is 11.0 Å². The molecule has 0 unspecified atom stereocenters. The molecule has 12 heavy (non-hydrogen) atoms. The van der Waals surface area contributed by atoms with Gasteiger partial charge in [-0.15, -0.1) is 5.56 Å². The standard InChI is InChI=1S/C9H8NO.Y/c1-10-6-7-4-2-3-5-8(7)9(10)11;/h2,4-5H,6H2,1H3;/q-1;. The number of hydrogen-bond donors (Lipinski definition) is 0. The molecule has 0 bridgehead atoms. The SMILES string of the molecule is CN1Cc2cc[c-]cc2C1=O.[Y]. The van der Waals surface area contributed by atoms with Gasteiger partial charge in [0.05, 0.1) is 0 Å². The van der Waals surface area contributed by atoms with Crippen LogP contribution in [0.3, 0.4) is 0 Å². The van der Waals surface area contributed by atoms with Crippen molar-refractivity contribution in [3.63, 3.8) is 0 Å². The van der Waals surface area contributed by atoms with Crippen molar-refractivity contribution in [3.05, 3.63) is 35.4 Å². The summed E-state index contributed by atoms with van der Waals surface area (Å²) in [5.74, 6) is 0.108. The Morgan fingerprint density at radius 3 is 3.00 bits per heavy atom. The molecule has 59 valence electrons. The van der Waals surface area contributed by atoms with E-state index in [1.807, 2.05) is 19.2 Å². The maximum atomic E-state index is 11.3. The molecule has 0 saturated carbocycles. The molecule has 1 aliphatic heterocycles. The van der Waals surface area contributed by atoms with Gasteiger partial charge < -0.3 is 4.90 Å². The molecule has 1 aliphatic rings. The van der Waals surface area contributed by atoms with Crippen LogP contribution in [0.2, 0.25) is 0 Å². The van der Waals surface area contributed by atoms with Crippen LogP contribution in [0.5, 0.6) is 0 Å². The second-order valence-corrected chi connectivity index (χ2v) is 2.74. The maximum Gasteiger partial charge on any atom is 0.198 e. The van der Waals surface area contributed by atoms with Crippen molar-refractivity contribution in [2.75, 3.05) is 7.05 Å². The summed E-state index contributed by atoms with van der Waals surface area (Å²) in [6.45, 7) is 0.739. The monoisotopic (exact) mass is 235 g/mol. The Bertz CT molecular complexity index is 311. The van der Waals surface area contributed by atoms with E-state index in [2.05, 4.69) is 6.07 Å². The smallest absolute Gasteiger partial charge is 0.198 e. The first kappa shape index (κ1) is 9.88. The first-order valence-corrected chi connectivity index (χ1v) is 3.53. The zero-order valence-corrected chi connectivity index (χ0v) is 9.71. The largest absolute Gasteiger partial charge is 0.350 e. The van der Waals surface area contributed by atoms with Gasteiger partial charge in [0.2, 0.25) is 0 Å². The molecule has 2 rings (SSSR count). The van der Waals surface area contributed by atoms with Crippen LogP contribution in [-0.2, 0) is 39.3 Å². The van der Waals surface area contributed by atoms with Crippen molar-refractivity contribution in [2.45, 2.75) is 6.54 Å². The van der Waals surface area contributed by atoms with Crippen LogP contribution in [0.1, 0.15) is 15.9 Å². The second-order valence-electron chi connectivity index (χ2n) is 2.74. The van der Waals surface area contributed by atoms with E-state index in [0.717, 1.165) is 17.7 Å². The number of benzene rings is 1. The van der Waals surface area contributed by atoms with Crippen LogP contribution in [-0.4, -0.2) is 17.9 Å². The summed E-state index contributed by atoms with van der Waals surface area (Å²) in [7, 11) is 1.81. The van der Waals surface area contributed by atoms with E-state index >= 15 is 0 Å². The third-order valence-electron chi connectivity index (χ3n) is 1.94. The molecule has 0 spiro atoms. The molecule has 1 aromatic rings. The summed E-state index contributed by atoms with van der Waals surface area (Å²) < 4.78 is 0. The number of rotatable bonds is 0. The van der Waals surface area contributed by atoms with Gasteiger partial charge in [-0.1, -0.05) is 5.56 Å². The predicted octanol–water partition coefficient (Wildman–Crippen LogP) is 1.07. The Balaban J connectivity index is 0.000000720. The molecule has 1 aromatic carbocycles. The van der Waals surface area contributed by atoms with Crippen LogP contribution in [0.25, 0.3) is 0 Å². The fraction of sp³-hybridized carbons (Fsp3) is 0.222. The molecule has 0 atom stereocenters. The molecular formula is C9H8NOY-.